The molecule has 0 aromatic carbocycles. The van der Waals surface area contributed by atoms with Crippen molar-refractivity contribution in [2.75, 3.05) is 19.7 Å². The van der Waals surface area contributed by atoms with Crippen LogP contribution in [0.15, 0.2) is 21.3 Å². The number of rotatable bonds is 3. The number of nitrogens with zero attached hydrogens (tertiary/aromatic N) is 3. The smallest absolute Gasteiger partial charge is 0.258 e. The summed E-state index contributed by atoms with van der Waals surface area (Å²) in [6.07, 6.45) is 4.08. The summed E-state index contributed by atoms with van der Waals surface area (Å²) < 4.78 is 11.2. The molecule has 2 saturated heterocycles. The lowest BCUT2D eigenvalue weighted by Gasteiger charge is -2.40. The Morgan fingerprint density at radius 1 is 1.38 bits per heavy atom. The Balaban J connectivity index is 1.40. The molecule has 6 heteroatoms. The Hall–Kier alpha value is -1.24. The number of likely N-dealkylation sites (tertiary alicyclic amines) is 1. The average molecular weight is 305 g/mol. The zero-order valence-corrected chi connectivity index (χ0v) is 12.7. The van der Waals surface area contributed by atoms with Crippen molar-refractivity contribution in [2.45, 2.75) is 31.9 Å². The molecule has 2 aliphatic rings. The van der Waals surface area contributed by atoms with Gasteiger partial charge in [-0.05, 0) is 36.6 Å². The summed E-state index contributed by atoms with van der Waals surface area (Å²) in [6.45, 7) is 3.86. The molecule has 4 rings (SSSR count). The first-order valence-electron chi connectivity index (χ1n) is 7.57. The topological polar surface area (TPSA) is 51.4 Å². The monoisotopic (exact) mass is 305 g/mol. The van der Waals surface area contributed by atoms with E-state index in [1.165, 1.54) is 12.8 Å². The largest absolute Gasteiger partial charge is 0.378 e. The molecule has 2 aromatic heterocycles. The summed E-state index contributed by atoms with van der Waals surface area (Å²) in [6, 6.07) is 2.01. The fourth-order valence-corrected chi connectivity index (χ4v) is 3.96. The van der Waals surface area contributed by atoms with Crippen molar-refractivity contribution in [3.8, 4) is 11.5 Å². The van der Waals surface area contributed by atoms with E-state index < -0.39 is 0 Å². The summed E-state index contributed by atoms with van der Waals surface area (Å²) in [7, 11) is 0. The van der Waals surface area contributed by atoms with Crippen LogP contribution in [-0.4, -0.2) is 40.8 Å². The highest BCUT2D eigenvalue weighted by atomic mass is 32.1. The van der Waals surface area contributed by atoms with E-state index in [1.54, 1.807) is 11.3 Å². The van der Waals surface area contributed by atoms with E-state index in [9.17, 15) is 0 Å². The van der Waals surface area contributed by atoms with Crippen molar-refractivity contribution >= 4 is 11.3 Å². The van der Waals surface area contributed by atoms with Crippen LogP contribution in [0.4, 0.5) is 0 Å². The molecule has 2 fully saturated rings. The molecule has 5 nitrogen and oxygen atoms in total. The van der Waals surface area contributed by atoms with Crippen molar-refractivity contribution in [1.29, 1.82) is 0 Å². The van der Waals surface area contributed by atoms with Crippen LogP contribution in [0.5, 0.6) is 0 Å². The van der Waals surface area contributed by atoms with Crippen molar-refractivity contribution in [2.24, 2.45) is 5.92 Å². The first kappa shape index (κ1) is 13.4. The molecule has 112 valence electrons. The third kappa shape index (κ3) is 2.88. The van der Waals surface area contributed by atoms with Gasteiger partial charge in [-0.1, -0.05) is 5.16 Å². The number of hydrogen-bond donors (Lipinski definition) is 0. The fourth-order valence-electron chi connectivity index (χ4n) is 3.33. The lowest BCUT2D eigenvalue weighted by Crippen LogP contribution is -2.45. The second-order valence-electron chi connectivity index (χ2n) is 5.86. The van der Waals surface area contributed by atoms with E-state index in [-0.39, 0.29) is 0 Å². The molecule has 0 amide bonds. The minimum atomic E-state index is 0.474. The summed E-state index contributed by atoms with van der Waals surface area (Å²) in [5.41, 5.74) is 1.01. The van der Waals surface area contributed by atoms with Gasteiger partial charge in [-0.15, -0.1) is 0 Å². The van der Waals surface area contributed by atoms with Gasteiger partial charge in [0, 0.05) is 25.1 Å². The molecule has 2 unspecified atom stereocenters. The van der Waals surface area contributed by atoms with Gasteiger partial charge in [0.25, 0.3) is 5.89 Å². The highest BCUT2D eigenvalue weighted by molar-refractivity contribution is 7.08. The van der Waals surface area contributed by atoms with Gasteiger partial charge in [0.2, 0.25) is 0 Å². The summed E-state index contributed by atoms with van der Waals surface area (Å²) >= 11 is 1.64. The van der Waals surface area contributed by atoms with E-state index in [2.05, 4.69) is 15.0 Å². The molecule has 0 saturated carbocycles. The van der Waals surface area contributed by atoms with E-state index >= 15 is 0 Å². The maximum absolute atomic E-state index is 5.86. The number of hydrogen-bond acceptors (Lipinski definition) is 6. The highest BCUT2D eigenvalue weighted by Gasteiger charge is 2.32. The van der Waals surface area contributed by atoms with Crippen molar-refractivity contribution < 1.29 is 9.26 Å². The minimum absolute atomic E-state index is 0.474. The van der Waals surface area contributed by atoms with Crippen molar-refractivity contribution in [1.82, 2.24) is 15.0 Å². The molecule has 0 aliphatic carbocycles. The van der Waals surface area contributed by atoms with Crippen LogP contribution in [-0.2, 0) is 11.3 Å². The van der Waals surface area contributed by atoms with Gasteiger partial charge in [-0.25, -0.2) is 0 Å². The SMILES string of the molecule is c1cc(-c2nc(CN3CCC4OCCCC4C3)no2)cs1. The first-order chi connectivity index (χ1) is 10.4. The highest BCUT2D eigenvalue weighted by Crippen LogP contribution is 2.29. The maximum Gasteiger partial charge on any atom is 0.258 e. The Morgan fingerprint density at radius 3 is 3.29 bits per heavy atom. The molecule has 4 heterocycles. The quantitative estimate of drug-likeness (QED) is 0.873. The van der Waals surface area contributed by atoms with Gasteiger partial charge in [-0.2, -0.15) is 16.3 Å². The molecular formula is C15H19N3O2S. The zero-order valence-electron chi connectivity index (χ0n) is 11.9. The number of fused-ring (bicyclic) bond motifs is 1. The van der Waals surface area contributed by atoms with Gasteiger partial charge < -0.3 is 9.26 Å². The number of ether oxygens (including phenoxy) is 1. The lowest BCUT2D eigenvalue weighted by atomic mass is 9.88. The molecule has 2 aliphatic heterocycles. The van der Waals surface area contributed by atoms with Gasteiger partial charge in [0.15, 0.2) is 5.82 Å². The van der Waals surface area contributed by atoms with Crippen LogP contribution >= 0.6 is 11.3 Å². The van der Waals surface area contributed by atoms with Crippen molar-refractivity contribution in [3.05, 3.63) is 22.7 Å². The minimum Gasteiger partial charge on any atom is -0.378 e. The Kier molecular flexibility index (Phi) is 3.75. The average Bonchev–Trinajstić information content (AvgIpc) is 3.18. The third-order valence-electron chi connectivity index (χ3n) is 4.40. The molecule has 0 spiro atoms. The summed E-state index contributed by atoms with van der Waals surface area (Å²) in [5.74, 6) is 2.09. The second kappa shape index (κ2) is 5.87. The van der Waals surface area contributed by atoms with Gasteiger partial charge in [0.05, 0.1) is 18.2 Å². The summed E-state index contributed by atoms with van der Waals surface area (Å²) in [4.78, 5) is 6.94. The van der Waals surface area contributed by atoms with E-state index in [0.29, 0.717) is 17.9 Å². The van der Waals surface area contributed by atoms with Crippen LogP contribution in [0, 0.1) is 5.92 Å². The molecular weight excluding hydrogens is 286 g/mol. The second-order valence-corrected chi connectivity index (χ2v) is 6.64. The zero-order chi connectivity index (χ0) is 14.1. The Labute approximate surface area is 127 Å². The number of aromatic nitrogens is 2. The van der Waals surface area contributed by atoms with E-state index in [1.807, 2.05) is 16.8 Å². The Morgan fingerprint density at radius 2 is 2.38 bits per heavy atom. The first-order valence-corrected chi connectivity index (χ1v) is 8.52. The maximum atomic E-state index is 5.86. The van der Waals surface area contributed by atoms with Crippen LogP contribution in [0.1, 0.15) is 25.1 Å². The molecule has 2 aromatic rings. The predicted molar refractivity (Wildman–Crippen MR) is 80.0 cm³/mol. The van der Waals surface area contributed by atoms with Gasteiger partial charge in [0.1, 0.15) is 0 Å². The number of thiophene rings is 1. The van der Waals surface area contributed by atoms with Crippen LogP contribution in [0.25, 0.3) is 11.5 Å². The van der Waals surface area contributed by atoms with Gasteiger partial charge in [-0.3, -0.25) is 4.90 Å². The van der Waals surface area contributed by atoms with Crippen molar-refractivity contribution in [3.63, 3.8) is 0 Å². The van der Waals surface area contributed by atoms with Crippen LogP contribution in [0.3, 0.4) is 0 Å². The standard InChI is InChI=1S/C15H19N3O2S/c1-2-11-8-18(5-3-13(11)19-6-1)9-14-16-15(20-17-14)12-4-7-21-10-12/h4,7,10-11,13H,1-3,5-6,8-9H2. The fraction of sp³-hybridized carbons (Fsp3) is 0.600. The van der Waals surface area contributed by atoms with Crippen LogP contribution < -0.4 is 0 Å². The third-order valence-corrected chi connectivity index (χ3v) is 5.08. The molecule has 2 atom stereocenters. The molecule has 0 bridgehead atoms. The van der Waals surface area contributed by atoms with E-state index in [4.69, 9.17) is 9.26 Å². The van der Waals surface area contributed by atoms with E-state index in [0.717, 1.165) is 44.0 Å². The molecule has 0 N–H and O–H groups in total. The number of piperidine rings is 1. The predicted octanol–water partition coefficient (Wildman–Crippen LogP) is 2.80. The van der Waals surface area contributed by atoms with Crippen LogP contribution in [0.2, 0.25) is 0 Å². The summed E-state index contributed by atoms with van der Waals surface area (Å²) in [5, 5.41) is 8.17. The Bertz CT molecular complexity index is 584. The normalized spacial score (nSPS) is 26.7. The molecule has 0 radical (unpaired) electrons. The lowest BCUT2D eigenvalue weighted by molar-refractivity contribution is -0.0680. The molecule has 21 heavy (non-hydrogen) atoms. The van der Waals surface area contributed by atoms with Gasteiger partial charge >= 0.3 is 0 Å².